The Morgan fingerprint density at radius 2 is 1.82 bits per heavy atom. The van der Waals surface area contributed by atoms with Crippen LogP contribution in [0.5, 0.6) is 0 Å². The van der Waals surface area contributed by atoms with Gasteiger partial charge in [0.2, 0.25) is 10.0 Å². The average molecular weight is 332 g/mol. The van der Waals surface area contributed by atoms with Crippen molar-refractivity contribution in [2.24, 2.45) is 11.8 Å². The van der Waals surface area contributed by atoms with E-state index in [1.165, 1.54) is 7.11 Å². The maximum Gasteiger partial charge on any atom is 0.310 e. The van der Waals surface area contributed by atoms with Gasteiger partial charge in [-0.1, -0.05) is 12.8 Å². The summed E-state index contributed by atoms with van der Waals surface area (Å²) in [6.45, 7) is 2.07. The first-order valence-corrected chi connectivity index (χ1v) is 9.72. The molecule has 2 rings (SSSR count). The van der Waals surface area contributed by atoms with Crippen LogP contribution in [0.1, 0.15) is 38.5 Å². The molecule has 2 aliphatic rings. The van der Waals surface area contributed by atoms with Crippen LogP contribution in [0, 0.1) is 11.8 Å². The molecule has 0 radical (unpaired) electrons. The van der Waals surface area contributed by atoms with Gasteiger partial charge in [0.1, 0.15) is 0 Å². The lowest BCUT2D eigenvalue weighted by molar-refractivity contribution is -0.146. The summed E-state index contributed by atoms with van der Waals surface area (Å²) in [6, 6.07) is 0. The lowest BCUT2D eigenvalue weighted by atomic mass is 9.89. The zero-order valence-corrected chi connectivity index (χ0v) is 14.4. The standard InChI is InChI=1S/C15H28N2O4S/c1-16-11-12-7-9-17(10-8-12)22(19,20)14-6-4-3-5-13(14)15(18)21-2/h12-14,16H,3-11H2,1-2H3. The third-order valence-electron chi connectivity index (χ3n) is 5.02. The molecule has 2 unspecified atom stereocenters. The van der Waals surface area contributed by atoms with Gasteiger partial charge in [0, 0.05) is 13.1 Å². The number of hydrogen-bond donors (Lipinski definition) is 1. The van der Waals surface area contributed by atoms with Gasteiger partial charge in [-0.15, -0.1) is 0 Å². The van der Waals surface area contributed by atoms with Crippen molar-refractivity contribution in [2.75, 3.05) is 33.8 Å². The number of methoxy groups -OCH3 is 1. The minimum atomic E-state index is -3.42. The summed E-state index contributed by atoms with van der Waals surface area (Å²) < 4.78 is 32.3. The largest absolute Gasteiger partial charge is 0.469 e. The van der Waals surface area contributed by atoms with Crippen molar-refractivity contribution in [3.8, 4) is 0 Å². The molecule has 2 fully saturated rings. The topological polar surface area (TPSA) is 75.7 Å². The van der Waals surface area contributed by atoms with Gasteiger partial charge in [-0.05, 0) is 45.2 Å². The normalized spacial score (nSPS) is 28.5. The molecule has 1 heterocycles. The Morgan fingerprint density at radius 1 is 1.18 bits per heavy atom. The predicted molar refractivity (Wildman–Crippen MR) is 84.9 cm³/mol. The van der Waals surface area contributed by atoms with Crippen LogP contribution in [-0.2, 0) is 19.6 Å². The summed E-state index contributed by atoms with van der Waals surface area (Å²) in [7, 11) is -0.156. The smallest absolute Gasteiger partial charge is 0.310 e. The van der Waals surface area contributed by atoms with Crippen LogP contribution in [0.15, 0.2) is 0 Å². The third kappa shape index (κ3) is 3.81. The van der Waals surface area contributed by atoms with Gasteiger partial charge in [-0.3, -0.25) is 4.79 Å². The summed E-state index contributed by atoms with van der Waals surface area (Å²) >= 11 is 0. The van der Waals surface area contributed by atoms with Gasteiger partial charge < -0.3 is 10.1 Å². The number of nitrogens with zero attached hydrogens (tertiary/aromatic N) is 1. The summed E-state index contributed by atoms with van der Waals surface area (Å²) in [4.78, 5) is 11.9. The monoisotopic (exact) mass is 332 g/mol. The predicted octanol–water partition coefficient (Wildman–Crippen LogP) is 0.979. The van der Waals surface area contributed by atoms with Crippen LogP contribution in [0.25, 0.3) is 0 Å². The molecule has 7 heteroatoms. The Balaban J connectivity index is 2.06. The molecule has 0 aromatic heterocycles. The van der Waals surface area contributed by atoms with Gasteiger partial charge in [0.05, 0.1) is 18.3 Å². The first kappa shape index (κ1) is 17.7. The summed E-state index contributed by atoms with van der Waals surface area (Å²) in [5, 5.41) is 2.55. The van der Waals surface area contributed by atoms with E-state index < -0.39 is 21.2 Å². The summed E-state index contributed by atoms with van der Waals surface area (Å²) in [6.07, 6.45) is 4.72. The van der Waals surface area contributed by atoms with Crippen molar-refractivity contribution >= 4 is 16.0 Å². The van der Waals surface area contributed by atoms with Crippen LogP contribution in [0.3, 0.4) is 0 Å². The Kier molecular flexibility index (Phi) is 6.23. The Bertz CT molecular complexity index is 472. The number of ether oxygens (including phenoxy) is 1. The highest BCUT2D eigenvalue weighted by Gasteiger charge is 2.43. The van der Waals surface area contributed by atoms with E-state index in [1.54, 1.807) is 4.31 Å². The summed E-state index contributed by atoms with van der Waals surface area (Å²) in [5.74, 6) is -0.337. The second kappa shape index (κ2) is 7.75. The van der Waals surface area contributed by atoms with Crippen LogP contribution >= 0.6 is 0 Å². The van der Waals surface area contributed by atoms with Gasteiger partial charge >= 0.3 is 5.97 Å². The fourth-order valence-corrected chi connectivity index (χ4v) is 5.95. The third-order valence-corrected chi connectivity index (χ3v) is 7.43. The van der Waals surface area contributed by atoms with Crippen LogP contribution in [-0.4, -0.2) is 57.7 Å². The number of carbonyl (C=O) groups excluding carboxylic acids is 1. The van der Waals surface area contributed by atoms with E-state index in [4.69, 9.17) is 4.74 Å². The molecular weight excluding hydrogens is 304 g/mol. The van der Waals surface area contributed by atoms with Gasteiger partial charge in [0.15, 0.2) is 0 Å². The molecule has 0 amide bonds. The SMILES string of the molecule is CNCC1CCN(S(=O)(=O)C2CCCCC2C(=O)OC)CC1. The number of rotatable bonds is 5. The number of hydrogen-bond acceptors (Lipinski definition) is 5. The van der Waals surface area contributed by atoms with Gasteiger partial charge in [0.25, 0.3) is 0 Å². The molecule has 1 saturated heterocycles. The lowest BCUT2D eigenvalue weighted by Gasteiger charge is -2.37. The molecule has 0 spiro atoms. The van der Waals surface area contributed by atoms with E-state index in [0.717, 1.165) is 32.2 Å². The van der Waals surface area contributed by atoms with E-state index >= 15 is 0 Å². The molecule has 2 atom stereocenters. The van der Waals surface area contributed by atoms with Crippen LogP contribution in [0.2, 0.25) is 0 Å². The fraction of sp³-hybridized carbons (Fsp3) is 0.933. The molecule has 0 bridgehead atoms. The molecule has 1 aliphatic carbocycles. The highest BCUT2D eigenvalue weighted by molar-refractivity contribution is 7.89. The number of carbonyl (C=O) groups is 1. The van der Waals surface area contributed by atoms with Gasteiger partial charge in [-0.2, -0.15) is 0 Å². The highest BCUT2D eigenvalue weighted by Crippen LogP contribution is 2.33. The lowest BCUT2D eigenvalue weighted by Crippen LogP contribution is -2.49. The minimum absolute atomic E-state index is 0.377. The zero-order valence-electron chi connectivity index (χ0n) is 13.6. The van der Waals surface area contributed by atoms with Crippen molar-refractivity contribution in [3.05, 3.63) is 0 Å². The highest BCUT2D eigenvalue weighted by atomic mass is 32.2. The number of sulfonamides is 1. The number of esters is 1. The maximum atomic E-state index is 12.9. The molecular formula is C15H28N2O4S. The van der Waals surface area contributed by atoms with E-state index in [2.05, 4.69) is 5.32 Å². The van der Waals surface area contributed by atoms with E-state index in [1.807, 2.05) is 7.05 Å². The quantitative estimate of drug-likeness (QED) is 0.760. The second-order valence-corrected chi connectivity index (χ2v) is 8.55. The Morgan fingerprint density at radius 3 is 2.41 bits per heavy atom. The summed E-state index contributed by atoms with van der Waals surface area (Å²) in [5.41, 5.74) is 0. The van der Waals surface area contributed by atoms with Gasteiger partial charge in [-0.25, -0.2) is 12.7 Å². The van der Waals surface area contributed by atoms with E-state index in [9.17, 15) is 13.2 Å². The number of piperidine rings is 1. The van der Waals surface area contributed by atoms with Crippen LogP contribution in [0.4, 0.5) is 0 Å². The molecule has 1 aliphatic heterocycles. The molecule has 6 nitrogen and oxygen atoms in total. The molecule has 22 heavy (non-hydrogen) atoms. The first-order valence-electron chi connectivity index (χ1n) is 8.22. The van der Waals surface area contributed by atoms with E-state index in [0.29, 0.717) is 31.8 Å². The minimum Gasteiger partial charge on any atom is -0.469 e. The van der Waals surface area contributed by atoms with E-state index in [-0.39, 0.29) is 5.97 Å². The molecule has 1 N–H and O–H groups in total. The molecule has 0 aromatic carbocycles. The second-order valence-electron chi connectivity index (χ2n) is 6.40. The van der Waals surface area contributed by atoms with Crippen molar-refractivity contribution < 1.29 is 17.9 Å². The van der Waals surface area contributed by atoms with Crippen molar-refractivity contribution in [2.45, 2.75) is 43.8 Å². The maximum absolute atomic E-state index is 12.9. The molecule has 128 valence electrons. The fourth-order valence-electron chi connectivity index (χ4n) is 3.72. The first-order chi connectivity index (χ1) is 10.5. The number of nitrogens with one attached hydrogen (secondary N) is 1. The van der Waals surface area contributed by atoms with Crippen LogP contribution < -0.4 is 5.32 Å². The van der Waals surface area contributed by atoms with Crippen molar-refractivity contribution in [1.82, 2.24) is 9.62 Å². The zero-order chi connectivity index (χ0) is 16.2. The molecule has 1 saturated carbocycles. The Hall–Kier alpha value is -0.660. The molecule has 0 aromatic rings. The van der Waals surface area contributed by atoms with Crippen molar-refractivity contribution in [3.63, 3.8) is 0 Å². The Labute approximate surface area is 133 Å². The average Bonchev–Trinajstić information content (AvgIpc) is 2.55. The van der Waals surface area contributed by atoms with Crippen molar-refractivity contribution in [1.29, 1.82) is 0 Å².